The van der Waals surface area contributed by atoms with Crippen molar-refractivity contribution in [1.82, 2.24) is 0 Å². The average molecular weight is 404 g/mol. The Balaban J connectivity index is 1.46. The first-order valence-electron chi connectivity index (χ1n) is 9.97. The molecule has 152 valence electrons. The van der Waals surface area contributed by atoms with E-state index < -0.39 is 12.1 Å². The highest BCUT2D eigenvalue weighted by molar-refractivity contribution is 5.83. The van der Waals surface area contributed by atoms with E-state index in [-0.39, 0.29) is 5.82 Å². The molecule has 30 heavy (non-hydrogen) atoms. The fourth-order valence-corrected chi connectivity index (χ4v) is 3.47. The predicted molar refractivity (Wildman–Crippen MR) is 114 cm³/mol. The first kappa shape index (κ1) is 20.3. The van der Waals surface area contributed by atoms with Crippen LogP contribution in [0.15, 0.2) is 67.3 Å². The first-order valence-corrected chi connectivity index (χ1v) is 9.97. The zero-order chi connectivity index (χ0) is 20.9. The molecule has 2 nitrogen and oxygen atoms in total. The molecule has 0 bridgehead atoms. The standard InChI is InChI=1S/C26H22F2O2/c1-2-3-4-19-16-29-26(30-17-19)23-10-9-20(25(28)15-23)7-5-18-6-8-22-14-24(27)12-11-21(22)13-18/h2,6,8-15,19,26H,1,3-4,16-17H2. The van der Waals surface area contributed by atoms with Crippen molar-refractivity contribution in [3.05, 3.63) is 95.6 Å². The molecule has 4 rings (SSSR count). The fraction of sp³-hybridized carbons (Fsp3) is 0.231. The number of ether oxygens (including phenoxy) is 2. The summed E-state index contributed by atoms with van der Waals surface area (Å²) < 4.78 is 39.4. The van der Waals surface area contributed by atoms with E-state index in [1.807, 2.05) is 18.2 Å². The molecule has 0 radical (unpaired) electrons. The van der Waals surface area contributed by atoms with Gasteiger partial charge < -0.3 is 9.47 Å². The van der Waals surface area contributed by atoms with E-state index in [9.17, 15) is 8.78 Å². The molecule has 1 saturated heterocycles. The van der Waals surface area contributed by atoms with Gasteiger partial charge in [0.25, 0.3) is 0 Å². The lowest BCUT2D eigenvalue weighted by Crippen LogP contribution is -2.27. The Hall–Kier alpha value is -3.00. The Morgan fingerprint density at radius 3 is 2.47 bits per heavy atom. The van der Waals surface area contributed by atoms with Crippen LogP contribution in [0, 0.1) is 29.4 Å². The van der Waals surface area contributed by atoms with E-state index in [2.05, 4.69) is 18.4 Å². The Kier molecular flexibility index (Phi) is 6.23. The number of benzene rings is 3. The van der Waals surface area contributed by atoms with Crippen molar-refractivity contribution in [2.24, 2.45) is 5.92 Å². The van der Waals surface area contributed by atoms with Gasteiger partial charge in [-0.3, -0.25) is 0 Å². The summed E-state index contributed by atoms with van der Waals surface area (Å²) >= 11 is 0. The van der Waals surface area contributed by atoms with E-state index in [0.717, 1.165) is 29.2 Å². The van der Waals surface area contributed by atoms with Gasteiger partial charge in [0.1, 0.15) is 11.6 Å². The molecule has 0 saturated carbocycles. The number of hydrogen-bond acceptors (Lipinski definition) is 2. The molecule has 1 fully saturated rings. The van der Waals surface area contributed by atoms with Crippen molar-refractivity contribution in [3.8, 4) is 11.8 Å². The summed E-state index contributed by atoms with van der Waals surface area (Å²) in [6.45, 7) is 4.91. The molecule has 0 N–H and O–H groups in total. The third-order valence-electron chi connectivity index (χ3n) is 5.15. The highest BCUT2D eigenvalue weighted by Crippen LogP contribution is 2.28. The monoisotopic (exact) mass is 404 g/mol. The molecule has 0 spiro atoms. The van der Waals surface area contributed by atoms with Gasteiger partial charge >= 0.3 is 0 Å². The van der Waals surface area contributed by atoms with Gasteiger partial charge in [-0.15, -0.1) is 6.58 Å². The minimum atomic E-state index is -0.553. The fourth-order valence-electron chi connectivity index (χ4n) is 3.47. The third-order valence-corrected chi connectivity index (χ3v) is 5.15. The van der Waals surface area contributed by atoms with Crippen molar-refractivity contribution in [1.29, 1.82) is 0 Å². The topological polar surface area (TPSA) is 18.5 Å². The summed E-state index contributed by atoms with van der Waals surface area (Å²) in [6, 6.07) is 14.9. The predicted octanol–water partition coefficient (Wildman–Crippen LogP) is 6.15. The number of fused-ring (bicyclic) bond motifs is 1. The molecular formula is C26H22F2O2. The zero-order valence-corrected chi connectivity index (χ0v) is 16.5. The number of allylic oxidation sites excluding steroid dienone is 1. The SMILES string of the molecule is C=CCCC1COC(c2ccc(C#Cc3ccc4cc(F)ccc4c3)c(F)c2)OC1. The quantitative estimate of drug-likeness (QED) is 0.384. The second-order valence-corrected chi connectivity index (χ2v) is 7.43. The minimum absolute atomic E-state index is 0.276. The number of hydrogen-bond donors (Lipinski definition) is 0. The minimum Gasteiger partial charge on any atom is -0.348 e. The van der Waals surface area contributed by atoms with Gasteiger partial charge in [0.05, 0.1) is 18.8 Å². The van der Waals surface area contributed by atoms with Crippen molar-refractivity contribution in [2.75, 3.05) is 13.2 Å². The van der Waals surface area contributed by atoms with Gasteiger partial charge in [-0.2, -0.15) is 0 Å². The molecule has 1 aliphatic rings. The van der Waals surface area contributed by atoms with E-state index in [0.29, 0.717) is 30.3 Å². The van der Waals surface area contributed by atoms with Gasteiger partial charge in [0.2, 0.25) is 0 Å². The molecule has 0 aliphatic carbocycles. The van der Waals surface area contributed by atoms with E-state index in [1.165, 1.54) is 18.2 Å². The van der Waals surface area contributed by atoms with E-state index in [1.54, 1.807) is 24.3 Å². The lowest BCUT2D eigenvalue weighted by Gasteiger charge is -2.29. The van der Waals surface area contributed by atoms with Crippen molar-refractivity contribution >= 4 is 10.8 Å². The van der Waals surface area contributed by atoms with Crippen LogP contribution in [0.4, 0.5) is 8.78 Å². The van der Waals surface area contributed by atoms with Crippen molar-refractivity contribution in [3.63, 3.8) is 0 Å². The van der Waals surface area contributed by atoms with Crippen molar-refractivity contribution < 1.29 is 18.3 Å². The highest BCUT2D eigenvalue weighted by atomic mass is 19.1. The molecule has 3 aromatic carbocycles. The molecule has 0 amide bonds. The second-order valence-electron chi connectivity index (χ2n) is 7.43. The summed E-state index contributed by atoms with van der Waals surface area (Å²) in [5.74, 6) is 5.51. The van der Waals surface area contributed by atoms with Crippen LogP contribution in [-0.4, -0.2) is 13.2 Å². The molecule has 1 aliphatic heterocycles. The van der Waals surface area contributed by atoms with Gasteiger partial charge in [-0.1, -0.05) is 36.1 Å². The number of halogens is 2. The Morgan fingerprint density at radius 1 is 0.933 bits per heavy atom. The van der Waals surface area contributed by atoms with Gasteiger partial charge in [0, 0.05) is 17.0 Å². The molecule has 0 atom stereocenters. The van der Waals surface area contributed by atoms with Crippen LogP contribution >= 0.6 is 0 Å². The Bertz CT molecular complexity index is 1120. The maximum absolute atomic E-state index is 14.6. The summed E-state index contributed by atoms with van der Waals surface area (Å²) in [6.07, 6.45) is 3.24. The van der Waals surface area contributed by atoms with Crippen LogP contribution in [0.25, 0.3) is 10.8 Å². The van der Waals surface area contributed by atoms with E-state index >= 15 is 0 Å². The van der Waals surface area contributed by atoms with Crippen LogP contribution in [0.5, 0.6) is 0 Å². The number of rotatable bonds is 4. The Morgan fingerprint density at radius 2 is 1.70 bits per heavy atom. The summed E-state index contributed by atoms with van der Waals surface area (Å²) in [5.41, 5.74) is 1.69. The van der Waals surface area contributed by atoms with Crippen LogP contribution in [0.3, 0.4) is 0 Å². The molecule has 0 aromatic heterocycles. The molecule has 4 heteroatoms. The summed E-state index contributed by atoms with van der Waals surface area (Å²) in [7, 11) is 0. The van der Waals surface area contributed by atoms with Crippen LogP contribution in [0.1, 0.15) is 35.8 Å². The molecule has 1 heterocycles. The highest BCUT2D eigenvalue weighted by Gasteiger charge is 2.23. The normalized spacial score (nSPS) is 18.6. The zero-order valence-electron chi connectivity index (χ0n) is 16.5. The first-order chi connectivity index (χ1) is 14.6. The van der Waals surface area contributed by atoms with Crippen molar-refractivity contribution in [2.45, 2.75) is 19.1 Å². The molecular weight excluding hydrogens is 382 g/mol. The largest absolute Gasteiger partial charge is 0.348 e. The van der Waals surface area contributed by atoms with Crippen LogP contribution in [0.2, 0.25) is 0 Å². The smallest absolute Gasteiger partial charge is 0.183 e. The lowest BCUT2D eigenvalue weighted by molar-refractivity contribution is -0.205. The maximum Gasteiger partial charge on any atom is 0.183 e. The molecule has 0 unspecified atom stereocenters. The van der Waals surface area contributed by atoms with Gasteiger partial charge in [0.15, 0.2) is 6.29 Å². The maximum atomic E-state index is 14.6. The third kappa shape index (κ3) is 4.76. The Labute approximate surface area is 175 Å². The van der Waals surface area contributed by atoms with Crippen LogP contribution in [-0.2, 0) is 9.47 Å². The van der Waals surface area contributed by atoms with Gasteiger partial charge in [-0.05, 0) is 60.0 Å². The summed E-state index contributed by atoms with van der Waals surface area (Å²) in [4.78, 5) is 0. The summed E-state index contributed by atoms with van der Waals surface area (Å²) in [5, 5.41) is 1.69. The lowest BCUT2D eigenvalue weighted by atomic mass is 10.0. The average Bonchev–Trinajstić information content (AvgIpc) is 2.77. The van der Waals surface area contributed by atoms with Gasteiger partial charge in [-0.25, -0.2) is 8.78 Å². The molecule has 3 aromatic rings. The second kappa shape index (κ2) is 9.21. The van der Waals surface area contributed by atoms with E-state index in [4.69, 9.17) is 9.47 Å². The van der Waals surface area contributed by atoms with Crippen LogP contribution < -0.4 is 0 Å².